The smallest absolute Gasteiger partial charge is 0.302 e. The van der Waals surface area contributed by atoms with E-state index in [0.717, 1.165) is 38.5 Å². The second-order valence-electron chi connectivity index (χ2n) is 10.7. The number of aliphatic hydroxyl groups is 2. The summed E-state index contributed by atoms with van der Waals surface area (Å²) in [4.78, 5) is 24.3. The van der Waals surface area contributed by atoms with Gasteiger partial charge >= 0.3 is 5.97 Å². The molecule has 0 aromatic heterocycles. The molecular formula is C23H36O5. The van der Waals surface area contributed by atoms with Crippen LogP contribution in [0.1, 0.15) is 72.6 Å². The number of ether oxygens (including phenoxy) is 1. The Hall–Kier alpha value is -0.940. The minimum Gasteiger partial charge on any atom is -0.462 e. The van der Waals surface area contributed by atoms with Crippen molar-refractivity contribution >= 4 is 11.8 Å². The first-order chi connectivity index (χ1) is 13.1. The fourth-order valence-corrected chi connectivity index (χ4v) is 8.14. The minimum atomic E-state index is -0.504. The fraction of sp³-hybridized carbons (Fsp3) is 0.913. The van der Waals surface area contributed by atoms with Crippen LogP contribution in [0.25, 0.3) is 0 Å². The largest absolute Gasteiger partial charge is 0.462 e. The number of Topliss-reactive ketones (excluding diaryl/α,β-unsaturated/α-hetero) is 1. The molecule has 4 aliphatic carbocycles. The van der Waals surface area contributed by atoms with E-state index in [0.29, 0.717) is 12.3 Å². The summed E-state index contributed by atoms with van der Waals surface area (Å²) in [5, 5.41) is 21.6. The monoisotopic (exact) mass is 392 g/mol. The standard InChI is InChI=1S/C23H36O5/c1-12(24)16-5-6-17-21-18(11-20(27)23(16,17)4)22(3)8-7-15(26)9-14(22)10-19(21)28-13(2)25/h14-21,26-27H,5-11H2,1-4H3/t14-,15+,16-,17+,18+,19+,20-,21-,22-,23-/m0/s1. The van der Waals surface area contributed by atoms with Gasteiger partial charge in [-0.05, 0) is 75.0 Å². The fourth-order valence-electron chi connectivity index (χ4n) is 8.14. The van der Waals surface area contributed by atoms with E-state index in [2.05, 4.69) is 13.8 Å². The molecule has 0 aliphatic heterocycles. The van der Waals surface area contributed by atoms with Crippen LogP contribution in [-0.2, 0) is 14.3 Å². The first-order valence-corrected chi connectivity index (χ1v) is 11.1. The third-order valence-corrected chi connectivity index (χ3v) is 9.55. The normalized spacial score (nSPS) is 52.9. The summed E-state index contributed by atoms with van der Waals surface area (Å²) in [5.74, 6) is 0.780. The molecule has 0 amide bonds. The van der Waals surface area contributed by atoms with Crippen molar-refractivity contribution in [1.82, 2.24) is 0 Å². The zero-order valence-electron chi connectivity index (χ0n) is 17.7. The SMILES string of the molecule is CC(=O)O[C@@H]1C[C@@H]2C[C@H](O)CC[C@]2(C)[C@@H]2C[C@H](O)[C@]3(C)[C@H](CC[C@H]3C(C)=O)[C@@H]21. The molecule has 4 fully saturated rings. The molecule has 0 heterocycles. The highest BCUT2D eigenvalue weighted by molar-refractivity contribution is 5.79. The summed E-state index contributed by atoms with van der Waals surface area (Å²) < 4.78 is 5.89. The van der Waals surface area contributed by atoms with Crippen molar-refractivity contribution in [3.63, 3.8) is 0 Å². The summed E-state index contributed by atoms with van der Waals surface area (Å²) in [6, 6.07) is 0. The van der Waals surface area contributed by atoms with Crippen molar-refractivity contribution in [1.29, 1.82) is 0 Å². The number of carbonyl (C=O) groups is 2. The summed E-state index contributed by atoms with van der Waals surface area (Å²) >= 11 is 0. The van der Waals surface area contributed by atoms with Gasteiger partial charge < -0.3 is 14.9 Å². The Morgan fingerprint density at radius 1 is 0.964 bits per heavy atom. The van der Waals surface area contributed by atoms with Gasteiger partial charge in [0.1, 0.15) is 11.9 Å². The van der Waals surface area contributed by atoms with Crippen LogP contribution in [0.5, 0.6) is 0 Å². The van der Waals surface area contributed by atoms with Crippen LogP contribution >= 0.6 is 0 Å². The summed E-state index contributed by atoms with van der Waals surface area (Å²) in [6.45, 7) is 7.56. The van der Waals surface area contributed by atoms with Gasteiger partial charge in [-0.25, -0.2) is 0 Å². The van der Waals surface area contributed by atoms with Crippen LogP contribution in [-0.4, -0.2) is 40.3 Å². The first kappa shape index (κ1) is 20.3. The number of esters is 1. The molecule has 4 rings (SSSR count). The van der Waals surface area contributed by atoms with E-state index < -0.39 is 11.5 Å². The maximum absolute atomic E-state index is 12.4. The number of carbonyl (C=O) groups excluding carboxylic acids is 2. The molecule has 0 aromatic carbocycles. The van der Waals surface area contributed by atoms with Crippen molar-refractivity contribution in [2.45, 2.75) is 91.0 Å². The van der Waals surface area contributed by atoms with Crippen molar-refractivity contribution in [3.05, 3.63) is 0 Å². The Bertz CT molecular complexity index is 661. The molecule has 0 unspecified atom stereocenters. The van der Waals surface area contributed by atoms with E-state index in [-0.39, 0.29) is 53.0 Å². The summed E-state index contributed by atoms with van der Waals surface area (Å²) in [6.07, 6.45) is 4.77. The summed E-state index contributed by atoms with van der Waals surface area (Å²) in [5.41, 5.74) is -0.375. The lowest BCUT2D eigenvalue weighted by Crippen LogP contribution is -2.63. The Balaban J connectivity index is 1.75. The van der Waals surface area contributed by atoms with Gasteiger partial charge in [-0.2, -0.15) is 0 Å². The third-order valence-electron chi connectivity index (χ3n) is 9.55. The Kier molecular flexibility index (Phi) is 4.94. The number of fused-ring (bicyclic) bond motifs is 5. The van der Waals surface area contributed by atoms with Gasteiger partial charge in [0.25, 0.3) is 0 Å². The zero-order valence-corrected chi connectivity index (χ0v) is 17.7. The molecule has 5 nitrogen and oxygen atoms in total. The van der Waals surface area contributed by atoms with Gasteiger partial charge in [0.2, 0.25) is 0 Å². The van der Waals surface area contributed by atoms with Gasteiger partial charge in [-0.3, -0.25) is 9.59 Å². The van der Waals surface area contributed by atoms with Gasteiger partial charge in [0.15, 0.2) is 0 Å². The van der Waals surface area contributed by atoms with Gasteiger partial charge in [0, 0.05) is 24.2 Å². The van der Waals surface area contributed by atoms with Crippen LogP contribution in [0.2, 0.25) is 0 Å². The topological polar surface area (TPSA) is 83.8 Å². The Morgan fingerprint density at radius 3 is 2.32 bits per heavy atom. The van der Waals surface area contributed by atoms with Crippen molar-refractivity contribution in [3.8, 4) is 0 Å². The molecule has 0 saturated heterocycles. The molecule has 0 spiro atoms. The van der Waals surface area contributed by atoms with E-state index in [9.17, 15) is 19.8 Å². The molecule has 158 valence electrons. The predicted octanol–water partition coefficient (Wildman–Crippen LogP) is 3.11. The average molecular weight is 393 g/mol. The van der Waals surface area contributed by atoms with Crippen LogP contribution in [0.15, 0.2) is 0 Å². The van der Waals surface area contributed by atoms with Gasteiger partial charge in [0.05, 0.1) is 12.2 Å². The number of aliphatic hydroxyl groups excluding tert-OH is 2. The highest BCUT2D eigenvalue weighted by Gasteiger charge is 2.66. The molecule has 0 bridgehead atoms. The van der Waals surface area contributed by atoms with E-state index in [1.54, 1.807) is 6.92 Å². The number of rotatable bonds is 2. The second kappa shape index (κ2) is 6.80. The summed E-state index contributed by atoms with van der Waals surface area (Å²) in [7, 11) is 0. The molecule has 0 aromatic rings. The van der Waals surface area contributed by atoms with Gasteiger partial charge in [-0.15, -0.1) is 0 Å². The maximum atomic E-state index is 12.4. The quantitative estimate of drug-likeness (QED) is 0.706. The number of ketones is 1. The lowest BCUT2D eigenvalue weighted by molar-refractivity contribution is -0.214. The highest BCUT2D eigenvalue weighted by atomic mass is 16.5. The van der Waals surface area contributed by atoms with E-state index in [1.165, 1.54) is 6.92 Å². The molecule has 10 atom stereocenters. The molecule has 0 radical (unpaired) electrons. The lowest BCUT2D eigenvalue weighted by Gasteiger charge is -2.63. The minimum absolute atomic E-state index is 0.0527. The van der Waals surface area contributed by atoms with Gasteiger partial charge in [-0.1, -0.05) is 13.8 Å². The Morgan fingerprint density at radius 2 is 1.68 bits per heavy atom. The van der Waals surface area contributed by atoms with Crippen LogP contribution in [0.3, 0.4) is 0 Å². The predicted molar refractivity (Wildman–Crippen MR) is 104 cm³/mol. The van der Waals surface area contributed by atoms with Crippen molar-refractivity contribution in [2.75, 3.05) is 0 Å². The molecular weight excluding hydrogens is 356 g/mol. The molecule has 2 N–H and O–H groups in total. The molecule has 5 heteroatoms. The van der Waals surface area contributed by atoms with Crippen molar-refractivity contribution in [2.24, 2.45) is 40.4 Å². The van der Waals surface area contributed by atoms with Crippen LogP contribution < -0.4 is 0 Å². The average Bonchev–Trinajstić information content (AvgIpc) is 2.96. The van der Waals surface area contributed by atoms with E-state index >= 15 is 0 Å². The highest BCUT2D eigenvalue weighted by Crippen LogP contribution is 2.67. The Labute approximate surface area is 168 Å². The van der Waals surface area contributed by atoms with Crippen molar-refractivity contribution < 1.29 is 24.5 Å². The maximum Gasteiger partial charge on any atom is 0.302 e. The van der Waals surface area contributed by atoms with Crippen LogP contribution in [0.4, 0.5) is 0 Å². The molecule has 4 saturated carbocycles. The van der Waals surface area contributed by atoms with Crippen LogP contribution in [0, 0.1) is 40.4 Å². The number of hydrogen-bond donors (Lipinski definition) is 2. The third kappa shape index (κ3) is 2.79. The number of hydrogen-bond acceptors (Lipinski definition) is 5. The van der Waals surface area contributed by atoms with E-state index in [1.807, 2.05) is 0 Å². The first-order valence-electron chi connectivity index (χ1n) is 11.1. The van der Waals surface area contributed by atoms with E-state index in [4.69, 9.17) is 4.74 Å². The second-order valence-corrected chi connectivity index (χ2v) is 10.7. The molecule has 28 heavy (non-hydrogen) atoms. The lowest BCUT2D eigenvalue weighted by atomic mass is 9.43. The molecule has 4 aliphatic rings. The zero-order chi connectivity index (χ0) is 20.4.